The van der Waals surface area contributed by atoms with Crippen molar-refractivity contribution >= 4 is 8.32 Å². The number of unbranched alkanes of at least 4 members (excludes halogenated alkanes) is 3. The van der Waals surface area contributed by atoms with E-state index in [1.807, 2.05) is 0 Å². The molecule has 1 saturated heterocycles. The van der Waals surface area contributed by atoms with Crippen LogP contribution < -0.4 is 0 Å². The Hall–Kier alpha value is 0.137. The monoisotopic (exact) mass is 298 g/mol. The van der Waals surface area contributed by atoms with Crippen molar-refractivity contribution in [2.24, 2.45) is 5.92 Å². The molecule has 0 radical (unpaired) electrons. The van der Waals surface area contributed by atoms with Gasteiger partial charge in [0.25, 0.3) is 0 Å². The van der Waals surface area contributed by atoms with Crippen molar-refractivity contribution < 1.29 is 9.16 Å². The van der Waals surface area contributed by atoms with Crippen LogP contribution in [0.1, 0.15) is 66.2 Å². The van der Waals surface area contributed by atoms with Crippen LogP contribution in [0.5, 0.6) is 0 Å². The molecule has 0 N–H and O–H groups in total. The third-order valence-electron chi connectivity index (χ3n) is 5.63. The normalized spacial score (nSPS) is 33.3. The quantitative estimate of drug-likeness (QED) is 0.369. The van der Waals surface area contributed by atoms with Crippen LogP contribution in [0.4, 0.5) is 0 Å². The zero-order valence-electron chi connectivity index (χ0n) is 14.4. The molecule has 2 rings (SSSR count). The van der Waals surface area contributed by atoms with Crippen molar-refractivity contribution in [1.82, 2.24) is 0 Å². The van der Waals surface area contributed by atoms with Gasteiger partial charge in [-0.05, 0) is 24.6 Å². The summed E-state index contributed by atoms with van der Waals surface area (Å²) in [5.41, 5.74) is 0. The van der Waals surface area contributed by atoms with Gasteiger partial charge in [0.1, 0.15) is 0 Å². The van der Waals surface area contributed by atoms with E-state index in [1.54, 1.807) is 0 Å². The van der Waals surface area contributed by atoms with Crippen molar-refractivity contribution in [3.8, 4) is 0 Å². The Kier molecular flexibility index (Phi) is 5.03. The van der Waals surface area contributed by atoms with Crippen LogP contribution in [0.15, 0.2) is 0 Å². The minimum Gasteiger partial charge on any atom is -0.413 e. The minimum absolute atomic E-state index is 0.313. The maximum absolute atomic E-state index is 6.69. The number of hydrogen-bond acceptors (Lipinski definition) is 2. The lowest BCUT2D eigenvalue weighted by Gasteiger charge is -2.40. The maximum atomic E-state index is 6.69. The number of ether oxygens (including phenoxy) is 1. The van der Waals surface area contributed by atoms with Gasteiger partial charge >= 0.3 is 0 Å². The van der Waals surface area contributed by atoms with Gasteiger partial charge in [-0.25, -0.2) is 0 Å². The summed E-state index contributed by atoms with van der Waals surface area (Å²) >= 11 is 0. The Morgan fingerprint density at radius 3 is 2.45 bits per heavy atom. The highest BCUT2D eigenvalue weighted by Gasteiger charge is 2.57. The molecule has 0 aromatic heterocycles. The van der Waals surface area contributed by atoms with Crippen LogP contribution >= 0.6 is 0 Å². The molecule has 1 heterocycles. The Morgan fingerprint density at radius 2 is 1.85 bits per heavy atom. The van der Waals surface area contributed by atoms with Gasteiger partial charge in [-0.1, -0.05) is 53.4 Å². The predicted octanol–water partition coefficient (Wildman–Crippen LogP) is 5.13. The molecule has 0 bridgehead atoms. The van der Waals surface area contributed by atoms with Gasteiger partial charge in [0.05, 0.1) is 18.3 Å². The average Bonchev–Trinajstić information content (AvgIpc) is 2.99. The molecule has 20 heavy (non-hydrogen) atoms. The fourth-order valence-corrected chi connectivity index (χ4v) is 4.57. The highest BCUT2D eigenvalue weighted by Crippen LogP contribution is 2.49. The Balaban J connectivity index is 1.87. The van der Waals surface area contributed by atoms with E-state index in [-0.39, 0.29) is 0 Å². The van der Waals surface area contributed by atoms with Gasteiger partial charge in [-0.3, -0.25) is 0 Å². The molecule has 0 spiro atoms. The van der Waals surface area contributed by atoms with Crippen molar-refractivity contribution in [3.63, 3.8) is 0 Å². The van der Waals surface area contributed by atoms with Gasteiger partial charge in [0.15, 0.2) is 8.32 Å². The highest BCUT2D eigenvalue weighted by molar-refractivity contribution is 6.74. The Labute approximate surface area is 126 Å². The SMILES string of the molecule is CCCCCC[C@@H]1[C@@H]2O[C@@H]2C[C@@H]1O[Si](C)(C)C(C)(C)C. The summed E-state index contributed by atoms with van der Waals surface area (Å²) in [6.45, 7) is 14.0. The molecular formula is C17H34O2Si. The number of epoxide rings is 1. The van der Waals surface area contributed by atoms with E-state index >= 15 is 0 Å². The smallest absolute Gasteiger partial charge is 0.192 e. The topological polar surface area (TPSA) is 21.8 Å². The summed E-state index contributed by atoms with van der Waals surface area (Å²) in [6, 6.07) is 0. The van der Waals surface area contributed by atoms with Gasteiger partial charge < -0.3 is 9.16 Å². The summed E-state index contributed by atoms with van der Waals surface area (Å²) in [5, 5.41) is 0.313. The van der Waals surface area contributed by atoms with Crippen molar-refractivity contribution in [1.29, 1.82) is 0 Å². The summed E-state index contributed by atoms with van der Waals surface area (Å²) in [5.74, 6) is 0.672. The lowest BCUT2D eigenvalue weighted by molar-refractivity contribution is 0.0770. The van der Waals surface area contributed by atoms with E-state index in [0.717, 1.165) is 6.42 Å². The third-order valence-corrected chi connectivity index (χ3v) is 10.1. The fraction of sp³-hybridized carbons (Fsp3) is 1.00. The van der Waals surface area contributed by atoms with Crippen LogP contribution in [0.3, 0.4) is 0 Å². The van der Waals surface area contributed by atoms with Crippen molar-refractivity contribution in [2.75, 3.05) is 0 Å². The summed E-state index contributed by atoms with van der Waals surface area (Å²) in [6.07, 6.45) is 9.40. The lowest BCUT2D eigenvalue weighted by atomic mass is 9.97. The van der Waals surface area contributed by atoms with Crippen LogP contribution in [0.25, 0.3) is 0 Å². The summed E-state index contributed by atoms with van der Waals surface area (Å²) in [7, 11) is -1.63. The van der Waals surface area contributed by atoms with Gasteiger partial charge in [0, 0.05) is 12.3 Å². The largest absolute Gasteiger partial charge is 0.413 e. The third kappa shape index (κ3) is 3.66. The molecule has 0 aromatic carbocycles. The predicted molar refractivity (Wildman–Crippen MR) is 87.6 cm³/mol. The minimum atomic E-state index is -1.63. The fourth-order valence-electron chi connectivity index (χ4n) is 3.19. The molecule has 1 aliphatic carbocycles. The molecule has 2 aliphatic rings. The van der Waals surface area contributed by atoms with E-state index < -0.39 is 8.32 Å². The van der Waals surface area contributed by atoms with E-state index in [1.165, 1.54) is 32.1 Å². The number of hydrogen-bond donors (Lipinski definition) is 0. The molecule has 2 nitrogen and oxygen atoms in total. The maximum Gasteiger partial charge on any atom is 0.192 e. The average molecular weight is 299 g/mol. The number of fused-ring (bicyclic) bond motifs is 1. The summed E-state index contributed by atoms with van der Waals surface area (Å²) < 4.78 is 12.5. The van der Waals surface area contributed by atoms with Crippen LogP contribution in [-0.2, 0) is 9.16 Å². The Bertz CT molecular complexity index is 321. The lowest BCUT2D eigenvalue weighted by Crippen LogP contribution is -2.45. The first-order valence-corrected chi connectivity index (χ1v) is 11.5. The second kappa shape index (κ2) is 6.10. The first-order chi connectivity index (χ1) is 9.26. The van der Waals surface area contributed by atoms with E-state index in [9.17, 15) is 0 Å². The van der Waals surface area contributed by atoms with Gasteiger partial charge in [0.2, 0.25) is 0 Å². The molecule has 1 saturated carbocycles. The van der Waals surface area contributed by atoms with Crippen LogP contribution in [0.2, 0.25) is 18.1 Å². The van der Waals surface area contributed by atoms with Crippen LogP contribution in [0, 0.1) is 5.92 Å². The van der Waals surface area contributed by atoms with Crippen molar-refractivity contribution in [2.45, 2.75) is 103 Å². The molecule has 4 atom stereocenters. The second-order valence-corrected chi connectivity index (χ2v) is 13.1. The molecule has 3 heteroatoms. The molecule has 0 amide bonds. The highest BCUT2D eigenvalue weighted by atomic mass is 28.4. The second-order valence-electron chi connectivity index (χ2n) is 8.30. The number of rotatable bonds is 7. The van der Waals surface area contributed by atoms with Crippen LogP contribution in [-0.4, -0.2) is 26.6 Å². The van der Waals surface area contributed by atoms with E-state index in [0.29, 0.717) is 29.3 Å². The molecule has 2 fully saturated rings. The summed E-state index contributed by atoms with van der Waals surface area (Å²) in [4.78, 5) is 0. The van der Waals surface area contributed by atoms with E-state index in [2.05, 4.69) is 40.8 Å². The van der Waals surface area contributed by atoms with E-state index in [4.69, 9.17) is 9.16 Å². The molecular weight excluding hydrogens is 264 g/mol. The first kappa shape index (κ1) is 16.5. The van der Waals surface area contributed by atoms with Gasteiger partial charge in [-0.2, -0.15) is 0 Å². The molecule has 0 unspecified atom stereocenters. The molecule has 0 aromatic rings. The Morgan fingerprint density at radius 1 is 1.15 bits per heavy atom. The zero-order valence-corrected chi connectivity index (χ0v) is 15.4. The standard InChI is InChI=1S/C17H34O2Si/c1-7-8-9-10-11-13-14(12-15-16(13)18-15)19-20(5,6)17(2,3)4/h13-16H,7-12H2,1-6H3/t13-,14-,15+,16-/m0/s1. The molecule has 1 aliphatic heterocycles. The zero-order chi connectivity index (χ0) is 15.0. The van der Waals surface area contributed by atoms with Gasteiger partial charge in [-0.15, -0.1) is 0 Å². The van der Waals surface area contributed by atoms with Crippen molar-refractivity contribution in [3.05, 3.63) is 0 Å². The first-order valence-electron chi connectivity index (χ1n) is 8.59. The molecule has 118 valence electrons.